The molecular weight excluding hydrogens is 254 g/mol. The molecule has 1 aliphatic carbocycles. The van der Waals surface area contributed by atoms with Crippen molar-refractivity contribution in [2.75, 3.05) is 19.6 Å². The van der Waals surface area contributed by atoms with E-state index in [1.54, 1.807) is 0 Å². The average Bonchev–Trinajstić information content (AvgIpc) is 2.39. The van der Waals surface area contributed by atoms with E-state index in [1.165, 1.54) is 4.31 Å². The van der Waals surface area contributed by atoms with Crippen LogP contribution in [0.15, 0.2) is 0 Å². The Kier molecular flexibility index (Phi) is 4.24. The third-order valence-corrected chi connectivity index (χ3v) is 6.23. The van der Waals surface area contributed by atoms with Crippen LogP contribution in [0.5, 0.6) is 0 Å². The van der Waals surface area contributed by atoms with Crippen LogP contribution >= 0.6 is 0 Å². The first-order chi connectivity index (χ1) is 8.53. The van der Waals surface area contributed by atoms with Gasteiger partial charge in [0.25, 0.3) is 0 Å². The van der Waals surface area contributed by atoms with Crippen LogP contribution in [-0.4, -0.2) is 49.6 Å². The molecule has 6 nitrogen and oxygen atoms in total. The molecule has 18 heavy (non-hydrogen) atoms. The molecule has 3 N–H and O–H groups in total. The Labute approximate surface area is 108 Å². The molecule has 2 rings (SSSR count). The number of carbonyl (C=O) groups is 1. The molecule has 0 bridgehead atoms. The Hall–Kier alpha value is -0.660. The van der Waals surface area contributed by atoms with Crippen molar-refractivity contribution in [3.8, 4) is 0 Å². The molecule has 0 aromatic heterocycles. The monoisotopic (exact) mass is 275 g/mol. The number of hydrogen-bond acceptors (Lipinski definition) is 4. The van der Waals surface area contributed by atoms with Gasteiger partial charge in [0.15, 0.2) is 0 Å². The molecule has 0 spiro atoms. The maximum absolute atomic E-state index is 12.5. The van der Waals surface area contributed by atoms with Crippen molar-refractivity contribution in [2.45, 2.75) is 43.4 Å². The van der Waals surface area contributed by atoms with E-state index in [0.717, 1.165) is 19.3 Å². The van der Waals surface area contributed by atoms with E-state index in [4.69, 9.17) is 5.73 Å². The van der Waals surface area contributed by atoms with Crippen molar-refractivity contribution in [3.63, 3.8) is 0 Å². The fraction of sp³-hybridized carbons (Fsp3) is 0.909. The third-order valence-electron chi connectivity index (χ3n) is 3.82. The fourth-order valence-electron chi connectivity index (χ4n) is 2.79. The topological polar surface area (TPSA) is 92.5 Å². The third kappa shape index (κ3) is 2.67. The molecule has 1 amide bonds. The number of nitrogens with zero attached hydrogens (tertiary/aromatic N) is 1. The molecule has 1 aliphatic heterocycles. The number of hydrogen-bond donors (Lipinski definition) is 2. The predicted octanol–water partition coefficient (Wildman–Crippen LogP) is -0.592. The summed E-state index contributed by atoms with van der Waals surface area (Å²) in [4.78, 5) is 11.4. The molecule has 2 fully saturated rings. The summed E-state index contributed by atoms with van der Waals surface area (Å²) in [7, 11) is -3.39. The molecule has 1 unspecified atom stereocenters. The Bertz CT molecular complexity index is 404. The summed E-state index contributed by atoms with van der Waals surface area (Å²) in [6.07, 6.45) is 4.43. The van der Waals surface area contributed by atoms with E-state index in [1.807, 2.05) is 0 Å². The minimum absolute atomic E-state index is 0.321. The molecule has 104 valence electrons. The van der Waals surface area contributed by atoms with Crippen molar-refractivity contribution in [1.29, 1.82) is 0 Å². The lowest BCUT2D eigenvalue weighted by Crippen LogP contribution is -2.60. The number of carbonyl (C=O) groups excluding carboxylic acids is 1. The van der Waals surface area contributed by atoms with Gasteiger partial charge in [-0.1, -0.05) is 19.3 Å². The second kappa shape index (κ2) is 5.54. The second-order valence-corrected chi connectivity index (χ2v) is 7.20. The molecule has 7 heteroatoms. The number of nitrogens with two attached hydrogens (primary N) is 1. The predicted molar refractivity (Wildman–Crippen MR) is 68.4 cm³/mol. The zero-order valence-corrected chi connectivity index (χ0v) is 11.3. The molecule has 2 aliphatic rings. The van der Waals surface area contributed by atoms with Gasteiger partial charge in [-0.15, -0.1) is 0 Å². The number of amides is 1. The number of sulfonamides is 1. The molecular formula is C11H21N3O3S. The van der Waals surface area contributed by atoms with Crippen molar-refractivity contribution in [2.24, 2.45) is 5.73 Å². The van der Waals surface area contributed by atoms with Crippen LogP contribution < -0.4 is 11.1 Å². The van der Waals surface area contributed by atoms with Gasteiger partial charge in [0.2, 0.25) is 15.9 Å². The summed E-state index contributed by atoms with van der Waals surface area (Å²) < 4.78 is 26.4. The summed E-state index contributed by atoms with van der Waals surface area (Å²) in [6.45, 7) is 1.24. The SMILES string of the molecule is NC(=O)C1CNCCN1S(=O)(=O)C1CCCCC1. The van der Waals surface area contributed by atoms with Gasteiger partial charge < -0.3 is 11.1 Å². The molecule has 1 atom stereocenters. The smallest absolute Gasteiger partial charge is 0.237 e. The Balaban J connectivity index is 2.18. The van der Waals surface area contributed by atoms with Gasteiger partial charge in [0, 0.05) is 19.6 Å². The highest BCUT2D eigenvalue weighted by molar-refractivity contribution is 7.89. The Morgan fingerprint density at radius 3 is 2.50 bits per heavy atom. The average molecular weight is 275 g/mol. The summed E-state index contributed by atoms with van der Waals surface area (Å²) in [5, 5.41) is 2.69. The van der Waals surface area contributed by atoms with E-state index in [9.17, 15) is 13.2 Å². The lowest BCUT2D eigenvalue weighted by Gasteiger charge is -2.36. The van der Waals surface area contributed by atoms with Crippen LogP contribution in [0.2, 0.25) is 0 Å². The van der Waals surface area contributed by atoms with Crippen LogP contribution in [-0.2, 0) is 14.8 Å². The maximum Gasteiger partial charge on any atom is 0.237 e. The lowest BCUT2D eigenvalue weighted by atomic mass is 10.0. The molecule has 0 radical (unpaired) electrons. The van der Waals surface area contributed by atoms with Gasteiger partial charge in [-0.25, -0.2) is 8.42 Å². The van der Waals surface area contributed by atoms with Gasteiger partial charge in [0.1, 0.15) is 6.04 Å². The first kappa shape index (κ1) is 13.8. The first-order valence-corrected chi connectivity index (χ1v) is 8.04. The zero-order chi connectivity index (χ0) is 13.2. The second-order valence-electron chi connectivity index (χ2n) is 5.04. The Morgan fingerprint density at radius 2 is 1.89 bits per heavy atom. The quantitative estimate of drug-likeness (QED) is 0.720. The molecule has 1 saturated heterocycles. The zero-order valence-electron chi connectivity index (χ0n) is 10.5. The molecule has 1 saturated carbocycles. The van der Waals surface area contributed by atoms with Crippen LogP contribution in [0, 0.1) is 0 Å². The van der Waals surface area contributed by atoms with Crippen molar-refractivity contribution in [1.82, 2.24) is 9.62 Å². The molecule has 0 aromatic rings. The number of nitrogens with one attached hydrogen (secondary N) is 1. The van der Waals surface area contributed by atoms with Crippen molar-refractivity contribution in [3.05, 3.63) is 0 Å². The van der Waals surface area contributed by atoms with Gasteiger partial charge in [0.05, 0.1) is 5.25 Å². The van der Waals surface area contributed by atoms with E-state index in [-0.39, 0.29) is 5.25 Å². The number of piperazine rings is 1. The highest BCUT2D eigenvalue weighted by atomic mass is 32.2. The largest absolute Gasteiger partial charge is 0.368 e. The minimum Gasteiger partial charge on any atom is -0.368 e. The van der Waals surface area contributed by atoms with E-state index < -0.39 is 22.0 Å². The van der Waals surface area contributed by atoms with E-state index >= 15 is 0 Å². The lowest BCUT2D eigenvalue weighted by molar-refractivity contribution is -0.122. The summed E-state index contributed by atoms with van der Waals surface area (Å²) >= 11 is 0. The molecule has 1 heterocycles. The highest BCUT2D eigenvalue weighted by Gasteiger charge is 2.40. The van der Waals surface area contributed by atoms with Crippen molar-refractivity contribution < 1.29 is 13.2 Å². The van der Waals surface area contributed by atoms with Gasteiger partial charge in [-0.05, 0) is 12.8 Å². The minimum atomic E-state index is -3.39. The normalized spacial score (nSPS) is 28.1. The van der Waals surface area contributed by atoms with Crippen LogP contribution in [0.4, 0.5) is 0 Å². The van der Waals surface area contributed by atoms with Gasteiger partial charge in [-0.2, -0.15) is 4.31 Å². The van der Waals surface area contributed by atoms with E-state index in [0.29, 0.717) is 32.5 Å². The Morgan fingerprint density at radius 1 is 1.22 bits per heavy atom. The van der Waals surface area contributed by atoms with Gasteiger partial charge in [-0.3, -0.25) is 4.79 Å². The number of primary amides is 1. The van der Waals surface area contributed by atoms with Crippen molar-refractivity contribution >= 4 is 15.9 Å². The summed E-state index contributed by atoms with van der Waals surface area (Å²) in [5.41, 5.74) is 5.30. The maximum atomic E-state index is 12.5. The highest BCUT2D eigenvalue weighted by Crippen LogP contribution is 2.27. The van der Waals surface area contributed by atoms with Crippen LogP contribution in [0.1, 0.15) is 32.1 Å². The number of rotatable bonds is 3. The van der Waals surface area contributed by atoms with Gasteiger partial charge >= 0.3 is 0 Å². The fourth-order valence-corrected chi connectivity index (χ4v) is 4.98. The summed E-state index contributed by atoms with van der Waals surface area (Å²) in [5.74, 6) is -0.568. The molecule has 0 aromatic carbocycles. The summed E-state index contributed by atoms with van der Waals surface area (Å²) in [6, 6.07) is -0.731. The van der Waals surface area contributed by atoms with Crippen LogP contribution in [0.25, 0.3) is 0 Å². The standard InChI is InChI=1S/C11H21N3O3S/c12-11(15)10-8-13-6-7-14(10)18(16,17)9-4-2-1-3-5-9/h9-10,13H,1-8H2,(H2,12,15). The van der Waals surface area contributed by atoms with E-state index in [2.05, 4.69) is 5.32 Å². The first-order valence-electron chi connectivity index (χ1n) is 6.54. The van der Waals surface area contributed by atoms with Crippen LogP contribution in [0.3, 0.4) is 0 Å².